The smallest absolute Gasteiger partial charge is 0.260 e. The lowest BCUT2D eigenvalue weighted by molar-refractivity contribution is 0.102. The van der Waals surface area contributed by atoms with Crippen molar-refractivity contribution in [1.29, 1.82) is 0 Å². The van der Waals surface area contributed by atoms with Gasteiger partial charge in [0.25, 0.3) is 5.91 Å². The van der Waals surface area contributed by atoms with Crippen LogP contribution in [0.5, 0.6) is 5.75 Å². The van der Waals surface area contributed by atoms with Crippen molar-refractivity contribution >= 4 is 17.4 Å². The van der Waals surface area contributed by atoms with Crippen LogP contribution < -0.4 is 11.1 Å². The first-order chi connectivity index (χ1) is 8.58. The second-order valence-corrected chi connectivity index (χ2v) is 3.91. The van der Waals surface area contributed by atoms with Crippen molar-refractivity contribution in [2.45, 2.75) is 6.92 Å². The summed E-state index contributed by atoms with van der Waals surface area (Å²) in [6, 6.07) is 8.04. The Balaban J connectivity index is 2.24. The standard InChI is InChI=1S/C13H13N3O2/c1-8-6-9(14)7-15-12(8)16-13(18)10-4-2-3-5-11(10)17/h2-7,17H,14H2,1H3,(H,15,16,18). The zero-order valence-electron chi connectivity index (χ0n) is 9.84. The Morgan fingerprint density at radius 1 is 1.39 bits per heavy atom. The molecule has 1 aromatic carbocycles. The van der Waals surface area contributed by atoms with Crippen molar-refractivity contribution < 1.29 is 9.90 Å². The minimum Gasteiger partial charge on any atom is -0.507 e. The van der Waals surface area contributed by atoms with Gasteiger partial charge < -0.3 is 16.2 Å². The highest BCUT2D eigenvalue weighted by molar-refractivity contribution is 6.05. The number of nitrogens with two attached hydrogens (primary N) is 1. The number of carbonyl (C=O) groups is 1. The summed E-state index contributed by atoms with van der Waals surface area (Å²) in [6.07, 6.45) is 1.47. The minimum atomic E-state index is -0.409. The number of phenols is 1. The zero-order valence-corrected chi connectivity index (χ0v) is 9.84. The molecular weight excluding hydrogens is 230 g/mol. The Kier molecular flexibility index (Phi) is 3.14. The number of amides is 1. The van der Waals surface area contributed by atoms with Crippen LogP contribution in [0.1, 0.15) is 15.9 Å². The van der Waals surface area contributed by atoms with E-state index in [9.17, 15) is 9.90 Å². The summed E-state index contributed by atoms with van der Waals surface area (Å²) >= 11 is 0. The van der Waals surface area contributed by atoms with E-state index in [1.54, 1.807) is 25.1 Å². The van der Waals surface area contributed by atoms with Crippen LogP contribution in [0.3, 0.4) is 0 Å². The van der Waals surface area contributed by atoms with E-state index in [-0.39, 0.29) is 11.3 Å². The molecule has 0 saturated carbocycles. The van der Waals surface area contributed by atoms with Crippen LogP contribution in [0.15, 0.2) is 36.5 Å². The molecule has 0 aliphatic carbocycles. The van der Waals surface area contributed by atoms with Gasteiger partial charge in [0.15, 0.2) is 0 Å². The lowest BCUT2D eigenvalue weighted by Gasteiger charge is -2.08. The molecule has 0 saturated heterocycles. The summed E-state index contributed by atoms with van der Waals surface area (Å²) in [5, 5.41) is 12.2. The van der Waals surface area contributed by atoms with Crippen LogP contribution in [0.4, 0.5) is 11.5 Å². The van der Waals surface area contributed by atoms with Gasteiger partial charge in [-0.3, -0.25) is 4.79 Å². The van der Waals surface area contributed by atoms with Crippen molar-refractivity contribution in [3.63, 3.8) is 0 Å². The molecule has 0 bridgehead atoms. The maximum Gasteiger partial charge on any atom is 0.260 e. The SMILES string of the molecule is Cc1cc(N)cnc1NC(=O)c1ccccc1O. The number of aromatic nitrogens is 1. The number of nitrogens with one attached hydrogen (secondary N) is 1. The number of rotatable bonds is 2. The van der Waals surface area contributed by atoms with E-state index < -0.39 is 5.91 Å². The van der Waals surface area contributed by atoms with Crippen molar-refractivity contribution in [1.82, 2.24) is 4.98 Å². The molecule has 1 aromatic heterocycles. The number of nitrogen functional groups attached to an aromatic ring is 1. The molecule has 0 aliphatic rings. The normalized spacial score (nSPS) is 10.1. The summed E-state index contributed by atoms with van der Waals surface area (Å²) in [5.41, 5.74) is 7.08. The van der Waals surface area contributed by atoms with E-state index in [0.29, 0.717) is 11.5 Å². The van der Waals surface area contributed by atoms with Gasteiger partial charge in [0, 0.05) is 0 Å². The van der Waals surface area contributed by atoms with Gasteiger partial charge in [0.2, 0.25) is 0 Å². The number of para-hydroxylation sites is 1. The van der Waals surface area contributed by atoms with E-state index >= 15 is 0 Å². The number of anilines is 2. The van der Waals surface area contributed by atoms with Gasteiger partial charge in [0.1, 0.15) is 11.6 Å². The predicted molar refractivity (Wildman–Crippen MR) is 69.4 cm³/mol. The number of hydrogen-bond donors (Lipinski definition) is 3. The monoisotopic (exact) mass is 243 g/mol. The average molecular weight is 243 g/mol. The van der Waals surface area contributed by atoms with Crippen LogP contribution in [0.25, 0.3) is 0 Å². The molecule has 1 heterocycles. The summed E-state index contributed by atoms with van der Waals surface area (Å²) in [7, 11) is 0. The number of nitrogens with zero attached hydrogens (tertiary/aromatic N) is 1. The molecule has 0 unspecified atom stereocenters. The number of carbonyl (C=O) groups excluding carboxylic acids is 1. The molecule has 18 heavy (non-hydrogen) atoms. The zero-order chi connectivity index (χ0) is 13.1. The largest absolute Gasteiger partial charge is 0.507 e. The van der Waals surface area contributed by atoms with Gasteiger partial charge in [-0.2, -0.15) is 0 Å². The highest BCUT2D eigenvalue weighted by atomic mass is 16.3. The van der Waals surface area contributed by atoms with E-state index in [0.717, 1.165) is 5.56 Å². The number of phenolic OH excluding ortho intramolecular Hbond substituents is 1. The molecule has 0 spiro atoms. The second-order valence-electron chi connectivity index (χ2n) is 3.91. The first-order valence-electron chi connectivity index (χ1n) is 5.39. The number of aromatic hydroxyl groups is 1. The van der Waals surface area contributed by atoms with Gasteiger partial charge in [-0.15, -0.1) is 0 Å². The third kappa shape index (κ3) is 2.40. The fraction of sp³-hybridized carbons (Fsp3) is 0.0769. The Morgan fingerprint density at radius 3 is 2.78 bits per heavy atom. The molecule has 0 atom stereocenters. The van der Waals surface area contributed by atoms with Crippen LogP contribution in [0, 0.1) is 6.92 Å². The van der Waals surface area contributed by atoms with Gasteiger partial charge in [-0.1, -0.05) is 12.1 Å². The molecule has 0 aliphatic heterocycles. The summed E-state index contributed by atoms with van der Waals surface area (Å²) in [5.74, 6) is -0.0472. The lowest BCUT2D eigenvalue weighted by Crippen LogP contribution is -2.14. The van der Waals surface area contributed by atoms with Gasteiger partial charge in [-0.05, 0) is 30.7 Å². The predicted octanol–water partition coefficient (Wildman–Crippen LogP) is 1.93. The number of benzene rings is 1. The maximum absolute atomic E-state index is 11.9. The fourth-order valence-corrected chi connectivity index (χ4v) is 1.57. The van der Waals surface area contributed by atoms with Crippen LogP contribution in [-0.2, 0) is 0 Å². The molecule has 2 rings (SSSR count). The van der Waals surface area contributed by atoms with Gasteiger partial charge in [0.05, 0.1) is 17.4 Å². The van der Waals surface area contributed by atoms with Gasteiger partial charge >= 0.3 is 0 Å². The molecular formula is C13H13N3O2. The third-order valence-electron chi connectivity index (χ3n) is 2.48. The maximum atomic E-state index is 11.9. The molecule has 92 valence electrons. The van der Waals surface area contributed by atoms with Crippen molar-refractivity contribution in [2.75, 3.05) is 11.1 Å². The van der Waals surface area contributed by atoms with Crippen LogP contribution >= 0.6 is 0 Å². The Labute approximate surface area is 104 Å². The summed E-state index contributed by atoms with van der Waals surface area (Å²) < 4.78 is 0. The molecule has 0 radical (unpaired) electrons. The molecule has 0 fully saturated rings. The third-order valence-corrected chi connectivity index (χ3v) is 2.48. The van der Waals surface area contributed by atoms with Crippen molar-refractivity contribution in [3.8, 4) is 5.75 Å². The summed E-state index contributed by atoms with van der Waals surface area (Å²) in [6.45, 7) is 1.80. The highest BCUT2D eigenvalue weighted by Crippen LogP contribution is 2.19. The van der Waals surface area contributed by atoms with E-state index in [1.165, 1.54) is 18.3 Å². The van der Waals surface area contributed by atoms with Crippen LogP contribution in [-0.4, -0.2) is 16.0 Å². The van der Waals surface area contributed by atoms with Crippen molar-refractivity contribution in [2.24, 2.45) is 0 Å². The molecule has 5 nitrogen and oxygen atoms in total. The molecule has 5 heteroatoms. The number of aryl methyl sites for hydroxylation is 1. The molecule has 2 aromatic rings. The Morgan fingerprint density at radius 2 is 2.11 bits per heavy atom. The minimum absolute atomic E-state index is 0.0666. The first kappa shape index (κ1) is 11.9. The van der Waals surface area contributed by atoms with E-state index in [1.807, 2.05) is 0 Å². The lowest BCUT2D eigenvalue weighted by atomic mass is 10.2. The molecule has 1 amide bonds. The van der Waals surface area contributed by atoms with Crippen LogP contribution in [0.2, 0.25) is 0 Å². The Bertz CT molecular complexity index is 597. The van der Waals surface area contributed by atoms with E-state index in [4.69, 9.17) is 5.73 Å². The van der Waals surface area contributed by atoms with Crippen molar-refractivity contribution in [3.05, 3.63) is 47.7 Å². The quantitative estimate of drug-likeness (QED) is 0.752. The second kappa shape index (κ2) is 4.75. The first-order valence-corrected chi connectivity index (χ1v) is 5.39. The molecule has 4 N–H and O–H groups in total. The van der Waals surface area contributed by atoms with Gasteiger partial charge in [-0.25, -0.2) is 4.98 Å². The summed E-state index contributed by atoms with van der Waals surface area (Å²) in [4.78, 5) is 16.0. The fourth-order valence-electron chi connectivity index (χ4n) is 1.57. The number of pyridine rings is 1. The van der Waals surface area contributed by atoms with E-state index in [2.05, 4.69) is 10.3 Å². The Hall–Kier alpha value is -2.56. The topological polar surface area (TPSA) is 88.2 Å². The number of hydrogen-bond acceptors (Lipinski definition) is 4. The average Bonchev–Trinajstić information content (AvgIpc) is 2.33. The highest BCUT2D eigenvalue weighted by Gasteiger charge is 2.12.